The molecule has 0 spiro atoms. The topological polar surface area (TPSA) is 29.1 Å². The second kappa shape index (κ2) is 7.15. The fourth-order valence-electron chi connectivity index (χ4n) is 2.10. The Morgan fingerprint density at radius 2 is 1.65 bits per heavy atom. The van der Waals surface area contributed by atoms with Crippen LogP contribution in [0.2, 0.25) is 0 Å². The lowest BCUT2D eigenvalue weighted by molar-refractivity contribution is -0.119. The third kappa shape index (κ3) is 3.87. The zero-order valence-electron chi connectivity index (χ0n) is 11.8. The van der Waals surface area contributed by atoms with E-state index in [1.807, 2.05) is 36.6 Å². The summed E-state index contributed by atoms with van der Waals surface area (Å²) in [5.41, 5.74) is 3.43. The molecule has 20 heavy (non-hydrogen) atoms. The van der Waals surface area contributed by atoms with E-state index in [0.29, 0.717) is 5.75 Å². The second-order valence-corrected chi connectivity index (χ2v) is 5.62. The van der Waals surface area contributed by atoms with Crippen LogP contribution in [0.25, 0.3) is 0 Å². The lowest BCUT2D eigenvalue weighted by Gasteiger charge is -2.20. The van der Waals surface area contributed by atoms with Crippen LogP contribution in [0.3, 0.4) is 0 Å². The lowest BCUT2D eigenvalue weighted by Crippen LogP contribution is -2.30. The van der Waals surface area contributed by atoms with Gasteiger partial charge >= 0.3 is 0 Å². The molecule has 104 valence electrons. The van der Waals surface area contributed by atoms with E-state index in [1.165, 1.54) is 17.3 Å². The molecule has 1 atom stereocenters. The SMILES string of the molecule is CSCC(=O)NC(c1ccccc1)c1ccc(C)cc1. The highest BCUT2D eigenvalue weighted by Gasteiger charge is 2.16. The van der Waals surface area contributed by atoms with Crippen molar-refractivity contribution in [1.82, 2.24) is 5.32 Å². The van der Waals surface area contributed by atoms with E-state index < -0.39 is 0 Å². The Kier molecular flexibility index (Phi) is 5.24. The summed E-state index contributed by atoms with van der Waals surface area (Å²) < 4.78 is 0. The van der Waals surface area contributed by atoms with Gasteiger partial charge in [0, 0.05) is 0 Å². The summed E-state index contributed by atoms with van der Waals surface area (Å²) in [7, 11) is 0. The molecule has 0 fully saturated rings. The van der Waals surface area contributed by atoms with Crippen molar-refractivity contribution in [2.45, 2.75) is 13.0 Å². The molecule has 0 aliphatic rings. The molecule has 0 bridgehead atoms. The zero-order valence-corrected chi connectivity index (χ0v) is 12.6. The Morgan fingerprint density at radius 1 is 1.05 bits per heavy atom. The molecule has 1 N–H and O–H groups in total. The molecule has 0 heterocycles. The van der Waals surface area contributed by atoms with E-state index in [0.717, 1.165) is 11.1 Å². The normalized spacial score (nSPS) is 11.9. The molecular weight excluding hydrogens is 266 g/mol. The zero-order chi connectivity index (χ0) is 14.4. The first kappa shape index (κ1) is 14.7. The first-order valence-corrected chi connectivity index (χ1v) is 8.00. The second-order valence-electron chi connectivity index (χ2n) is 4.75. The van der Waals surface area contributed by atoms with Crippen LogP contribution in [0.4, 0.5) is 0 Å². The molecule has 2 nitrogen and oxygen atoms in total. The minimum absolute atomic E-state index is 0.0620. The molecule has 0 aliphatic carbocycles. The third-order valence-electron chi connectivity index (χ3n) is 3.12. The van der Waals surface area contributed by atoms with E-state index in [4.69, 9.17) is 0 Å². The number of hydrogen-bond donors (Lipinski definition) is 1. The smallest absolute Gasteiger partial charge is 0.230 e. The molecule has 2 aromatic rings. The maximum atomic E-state index is 11.9. The van der Waals surface area contributed by atoms with Gasteiger partial charge in [-0.2, -0.15) is 11.8 Å². The Balaban J connectivity index is 2.29. The largest absolute Gasteiger partial charge is 0.344 e. The van der Waals surface area contributed by atoms with Crippen molar-refractivity contribution in [1.29, 1.82) is 0 Å². The van der Waals surface area contributed by atoms with Crippen LogP contribution in [0, 0.1) is 6.92 Å². The molecule has 2 rings (SSSR count). The summed E-state index contributed by atoms with van der Waals surface area (Å²) in [6.07, 6.45) is 1.93. The van der Waals surface area contributed by atoms with Crippen LogP contribution in [-0.4, -0.2) is 17.9 Å². The van der Waals surface area contributed by atoms with Gasteiger partial charge in [0.15, 0.2) is 0 Å². The Hall–Kier alpha value is -1.74. The van der Waals surface area contributed by atoms with E-state index in [1.54, 1.807) is 0 Å². The van der Waals surface area contributed by atoms with Gasteiger partial charge in [0.25, 0.3) is 0 Å². The van der Waals surface area contributed by atoms with Crippen molar-refractivity contribution in [2.24, 2.45) is 0 Å². The molecule has 1 amide bonds. The van der Waals surface area contributed by atoms with Gasteiger partial charge in [0.1, 0.15) is 0 Å². The van der Waals surface area contributed by atoms with Gasteiger partial charge in [0.05, 0.1) is 11.8 Å². The van der Waals surface area contributed by atoms with Crippen molar-refractivity contribution in [3.05, 3.63) is 71.3 Å². The summed E-state index contributed by atoms with van der Waals surface area (Å²) >= 11 is 1.53. The number of carbonyl (C=O) groups excluding carboxylic acids is 1. The van der Waals surface area contributed by atoms with Crippen LogP contribution in [0.15, 0.2) is 54.6 Å². The number of amides is 1. The average molecular weight is 285 g/mol. The molecule has 0 saturated heterocycles. The first-order valence-electron chi connectivity index (χ1n) is 6.60. The van der Waals surface area contributed by atoms with E-state index in [2.05, 4.69) is 36.5 Å². The summed E-state index contributed by atoms with van der Waals surface area (Å²) in [6, 6.07) is 18.3. The van der Waals surface area contributed by atoms with Crippen LogP contribution < -0.4 is 5.32 Å². The number of aryl methyl sites for hydroxylation is 1. The van der Waals surface area contributed by atoms with Crippen molar-refractivity contribution in [2.75, 3.05) is 12.0 Å². The van der Waals surface area contributed by atoms with Gasteiger partial charge < -0.3 is 5.32 Å². The molecule has 0 aromatic heterocycles. The fraction of sp³-hybridized carbons (Fsp3) is 0.235. The number of hydrogen-bond acceptors (Lipinski definition) is 2. The minimum atomic E-state index is -0.0866. The Morgan fingerprint density at radius 3 is 2.25 bits per heavy atom. The number of benzene rings is 2. The summed E-state index contributed by atoms with van der Waals surface area (Å²) in [6.45, 7) is 2.06. The predicted molar refractivity (Wildman–Crippen MR) is 86.0 cm³/mol. The number of thioether (sulfide) groups is 1. The standard InChI is InChI=1S/C17H19NOS/c1-13-8-10-15(11-9-13)17(18-16(19)12-20-2)14-6-4-3-5-7-14/h3-11,17H,12H2,1-2H3,(H,18,19). The quantitative estimate of drug-likeness (QED) is 0.910. The fourth-order valence-corrected chi connectivity index (χ4v) is 2.44. The van der Waals surface area contributed by atoms with Crippen molar-refractivity contribution in [3.8, 4) is 0 Å². The van der Waals surface area contributed by atoms with Crippen molar-refractivity contribution in [3.63, 3.8) is 0 Å². The van der Waals surface area contributed by atoms with Gasteiger partial charge in [-0.15, -0.1) is 0 Å². The van der Waals surface area contributed by atoms with E-state index >= 15 is 0 Å². The molecule has 1 unspecified atom stereocenters. The molecule has 0 saturated carbocycles. The summed E-state index contributed by atoms with van der Waals surface area (Å²) in [4.78, 5) is 11.9. The molecule has 3 heteroatoms. The Bertz CT molecular complexity index is 551. The molecule has 2 aromatic carbocycles. The van der Waals surface area contributed by atoms with E-state index in [-0.39, 0.29) is 11.9 Å². The number of carbonyl (C=O) groups is 1. The van der Waals surface area contributed by atoms with Crippen molar-refractivity contribution < 1.29 is 4.79 Å². The lowest BCUT2D eigenvalue weighted by atomic mass is 9.98. The van der Waals surface area contributed by atoms with Crippen LogP contribution in [0.5, 0.6) is 0 Å². The van der Waals surface area contributed by atoms with Crippen molar-refractivity contribution >= 4 is 17.7 Å². The number of rotatable bonds is 5. The van der Waals surface area contributed by atoms with Gasteiger partial charge in [-0.05, 0) is 24.3 Å². The summed E-state index contributed by atoms with van der Waals surface area (Å²) in [5.74, 6) is 0.543. The number of nitrogens with one attached hydrogen (secondary N) is 1. The van der Waals surface area contributed by atoms with Crippen LogP contribution in [0.1, 0.15) is 22.7 Å². The van der Waals surface area contributed by atoms with Crippen LogP contribution in [-0.2, 0) is 4.79 Å². The average Bonchev–Trinajstić information content (AvgIpc) is 2.47. The third-order valence-corrected chi connectivity index (χ3v) is 3.68. The molecular formula is C17H19NOS. The Labute approximate surface area is 124 Å². The monoisotopic (exact) mass is 285 g/mol. The van der Waals surface area contributed by atoms with Gasteiger partial charge in [-0.1, -0.05) is 60.2 Å². The minimum Gasteiger partial charge on any atom is -0.344 e. The van der Waals surface area contributed by atoms with Crippen LogP contribution >= 0.6 is 11.8 Å². The maximum absolute atomic E-state index is 11.9. The maximum Gasteiger partial charge on any atom is 0.230 e. The first-order chi connectivity index (χ1) is 9.70. The van der Waals surface area contributed by atoms with Gasteiger partial charge in [-0.3, -0.25) is 4.79 Å². The summed E-state index contributed by atoms with van der Waals surface area (Å²) in [5, 5.41) is 3.11. The highest BCUT2D eigenvalue weighted by atomic mass is 32.2. The van der Waals surface area contributed by atoms with E-state index in [9.17, 15) is 4.79 Å². The van der Waals surface area contributed by atoms with Gasteiger partial charge in [-0.25, -0.2) is 0 Å². The highest BCUT2D eigenvalue weighted by molar-refractivity contribution is 7.99. The van der Waals surface area contributed by atoms with Gasteiger partial charge in [0.2, 0.25) is 5.91 Å². The molecule has 0 radical (unpaired) electrons. The molecule has 0 aliphatic heterocycles. The highest BCUT2D eigenvalue weighted by Crippen LogP contribution is 2.22. The predicted octanol–water partition coefficient (Wildman–Crippen LogP) is 3.56.